The first kappa shape index (κ1) is 24.1. The molecule has 0 spiro atoms. The average Bonchev–Trinajstić information content (AvgIpc) is 3.34. The highest BCUT2D eigenvalue weighted by atomic mass is 35.5. The molecule has 6 nitrogen and oxygen atoms in total. The maximum absolute atomic E-state index is 11.5. The molecule has 3 aromatic rings. The van der Waals surface area contributed by atoms with E-state index in [0.29, 0.717) is 12.3 Å². The Labute approximate surface area is 208 Å². The van der Waals surface area contributed by atoms with Crippen LogP contribution in [0, 0.1) is 0 Å². The van der Waals surface area contributed by atoms with Crippen molar-refractivity contribution in [1.29, 1.82) is 0 Å². The van der Waals surface area contributed by atoms with E-state index in [2.05, 4.69) is 27.8 Å². The highest BCUT2D eigenvalue weighted by Crippen LogP contribution is 2.43. The summed E-state index contributed by atoms with van der Waals surface area (Å²) in [4.78, 5) is 26.7. The monoisotopic (exact) mass is 504 g/mol. The molecular formula is C24H29ClN4O2S2. The molecule has 4 heterocycles. The molecule has 1 fully saturated rings. The van der Waals surface area contributed by atoms with Gasteiger partial charge in [-0.05, 0) is 63.0 Å². The molecule has 5 rings (SSSR count). The Bertz CT molecular complexity index is 1100. The number of thiazole rings is 2. The normalized spacial score (nSPS) is 15.9. The van der Waals surface area contributed by atoms with Crippen molar-refractivity contribution < 1.29 is 9.90 Å². The largest absolute Gasteiger partial charge is 0.481 e. The van der Waals surface area contributed by atoms with Gasteiger partial charge in [-0.3, -0.25) is 4.79 Å². The minimum Gasteiger partial charge on any atom is -0.481 e. The standard InChI is InChI=1S/C24H28N4O2S2.ClH/c29-22(30)12-17(20-13-26-24(32-20)16-6-7-16)11-19-14-31-21(27-19)5-1-4-18-9-8-15-3-2-10-25-23(15)28-18;/h8-9,13-14,16-17H,1-7,10-12H2,(H,25,28)(H,29,30);1H. The predicted molar refractivity (Wildman–Crippen MR) is 135 cm³/mol. The number of aliphatic carboxylic acids is 1. The zero-order chi connectivity index (χ0) is 21.9. The molecule has 1 aliphatic carbocycles. The van der Waals surface area contributed by atoms with Crippen molar-refractivity contribution in [1.82, 2.24) is 15.0 Å². The summed E-state index contributed by atoms with van der Waals surface area (Å²) in [6.45, 7) is 1.01. The van der Waals surface area contributed by atoms with Gasteiger partial charge in [-0.25, -0.2) is 15.0 Å². The Balaban J connectivity index is 0.00000259. The van der Waals surface area contributed by atoms with Gasteiger partial charge in [-0.2, -0.15) is 0 Å². The van der Waals surface area contributed by atoms with E-state index in [-0.39, 0.29) is 24.7 Å². The highest BCUT2D eigenvalue weighted by Gasteiger charge is 2.28. The van der Waals surface area contributed by atoms with Gasteiger partial charge in [-0.1, -0.05) is 6.07 Å². The lowest BCUT2D eigenvalue weighted by molar-refractivity contribution is -0.137. The fourth-order valence-electron chi connectivity index (χ4n) is 4.23. The van der Waals surface area contributed by atoms with Crippen molar-refractivity contribution in [3.05, 3.63) is 55.6 Å². The van der Waals surface area contributed by atoms with Gasteiger partial charge >= 0.3 is 5.97 Å². The van der Waals surface area contributed by atoms with Crippen LogP contribution in [-0.4, -0.2) is 32.6 Å². The van der Waals surface area contributed by atoms with Crippen molar-refractivity contribution in [2.45, 2.75) is 69.6 Å². The summed E-state index contributed by atoms with van der Waals surface area (Å²) >= 11 is 3.37. The van der Waals surface area contributed by atoms with Crippen LogP contribution in [0.25, 0.3) is 0 Å². The Kier molecular flexibility index (Phi) is 7.98. The molecule has 3 aromatic heterocycles. The molecule has 33 heavy (non-hydrogen) atoms. The van der Waals surface area contributed by atoms with Crippen LogP contribution in [0.1, 0.15) is 75.8 Å². The lowest BCUT2D eigenvalue weighted by Crippen LogP contribution is -2.14. The summed E-state index contributed by atoms with van der Waals surface area (Å²) in [7, 11) is 0. The van der Waals surface area contributed by atoms with E-state index in [1.165, 1.54) is 29.8 Å². The third-order valence-corrected chi connectivity index (χ3v) is 8.40. The van der Waals surface area contributed by atoms with Crippen LogP contribution in [0.5, 0.6) is 0 Å². The Morgan fingerprint density at radius 1 is 1.21 bits per heavy atom. The number of pyridine rings is 1. The van der Waals surface area contributed by atoms with Crippen molar-refractivity contribution in [3.8, 4) is 0 Å². The van der Waals surface area contributed by atoms with Crippen molar-refractivity contribution >= 4 is 46.9 Å². The van der Waals surface area contributed by atoms with Crippen LogP contribution < -0.4 is 5.32 Å². The lowest BCUT2D eigenvalue weighted by atomic mass is 9.98. The number of aromatic nitrogens is 3. The van der Waals surface area contributed by atoms with Gasteiger partial charge in [0.15, 0.2) is 0 Å². The van der Waals surface area contributed by atoms with Gasteiger partial charge in [0, 0.05) is 40.5 Å². The number of hydrogen-bond acceptors (Lipinski definition) is 7. The van der Waals surface area contributed by atoms with E-state index in [1.807, 2.05) is 6.20 Å². The molecule has 0 bridgehead atoms. The minimum absolute atomic E-state index is 0. The highest BCUT2D eigenvalue weighted by molar-refractivity contribution is 7.11. The number of nitrogens with one attached hydrogen (secondary N) is 1. The summed E-state index contributed by atoms with van der Waals surface area (Å²) in [6, 6.07) is 4.36. The Morgan fingerprint density at radius 3 is 2.91 bits per heavy atom. The van der Waals surface area contributed by atoms with E-state index < -0.39 is 5.97 Å². The second-order valence-electron chi connectivity index (χ2n) is 8.80. The van der Waals surface area contributed by atoms with Gasteiger partial charge in [0.25, 0.3) is 0 Å². The topological polar surface area (TPSA) is 88.0 Å². The molecule has 2 N–H and O–H groups in total. The van der Waals surface area contributed by atoms with E-state index in [1.54, 1.807) is 22.7 Å². The summed E-state index contributed by atoms with van der Waals surface area (Å²) < 4.78 is 0. The number of nitrogens with zero attached hydrogens (tertiary/aromatic N) is 3. The molecule has 176 valence electrons. The molecule has 0 saturated heterocycles. The third-order valence-electron chi connectivity index (χ3n) is 6.12. The van der Waals surface area contributed by atoms with Crippen molar-refractivity contribution in [2.75, 3.05) is 11.9 Å². The molecule has 2 aliphatic rings. The zero-order valence-electron chi connectivity index (χ0n) is 18.5. The number of carboxylic acids is 1. The van der Waals surface area contributed by atoms with Crippen LogP contribution >= 0.6 is 35.1 Å². The molecule has 0 amide bonds. The molecule has 1 atom stereocenters. The van der Waals surface area contributed by atoms with Gasteiger partial charge in [0.2, 0.25) is 0 Å². The first-order valence-corrected chi connectivity index (χ1v) is 13.2. The number of hydrogen-bond donors (Lipinski definition) is 2. The van der Waals surface area contributed by atoms with Crippen LogP contribution in [-0.2, 0) is 30.5 Å². The Hall–Kier alpha value is -2.03. The lowest BCUT2D eigenvalue weighted by Gasteiger charge is -2.17. The molecule has 9 heteroatoms. The molecule has 0 aromatic carbocycles. The predicted octanol–water partition coefficient (Wildman–Crippen LogP) is 5.63. The average molecular weight is 505 g/mol. The van der Waals surface area contributed by atoms with E-state index in [4.69, 9.17) is 9.97 Å². The second kappa shape index (κ2) is 10.9. The van der Waals surface area contributed by atoms with Gasteiger partial charge < -0.3 is 10.4 Å². The van der Waals surface area contributed by atoms with Crippen LogP contribution in [0.2, 0.25) is 0 Å². The van der Waals surface area contributed by atoms with E-state index in [9.17, 15) is 9.90 Å². The van der Waals surface area contributed by atoms with Gasteiger partial charge in [0.05, 0.1) is 22.1 Å². The fraction of sp³-hybridized carbons (Fsp3) is 0.500. The molecule has 1 unspecified atom stereocenters. The number of aryl methyl sites for hydroxylation is 3. The molecule has 0 radical (unpaired) electrons. The first-order chi connectivity index (χ1) is 15.6. The first-order valence-electron chi connectivity index (χ1n) is 11.5. The number of anilines is 1. The number of halogens is 1. The van der Waals surface area contributed by atoms with Crippen molar-refractivity contribution in [2.24, 2.45) is 0 Å². The van der Waals surface area contributed by atoms with Crippen molar-refractivity contribution in [3.63, 3.8) is 0 Å². The number of fused-ring (bicyclic) bond motifs is 1. The summed E-state index contributed by atoms with van der Waals surface area (Å²) in [5.74, 6) is 0.840. The minimum atomic E-state index is -0.765. The fourth-order valence-corrected chi connectivity index (χ4v) is 6.27. The second-order valence-corrected chi connectivity index (χ2v) is 10.8. The van der Waals surface area contributed by atoms with Crippen LogP contribution in [0.15, 0.2) is 23.7 Å². The summed E-state index contributed by atoms with van der Waals surface area (Å²) in [6.07, 6.45) is 10.3. The van der Waals surface area contributed by atoms with Crippen LogP contribution in [0.3, 0.4) is 0 Å². The van der Waals surface area contributed by atoms with Gasteiger partial charge in [0.1, 0.15) is 5.82 Å². The summed E-state index contributed by atoms with van der Waals surface area (Å²) in [5.41, 5.74) is 3.45. The smallest absolute Gasteiger partial charge is 0.304 e. The van der Waals surface area contributed by atoms with E-state index >= 15 is 0 Å². The Morgan fingerprint density at radius 2 is 2.09 bits per heavy atom. The SMILES string of the molecule is Cl.O=C(O)CC(Cc1csc(CCCc2ccc3c(n2)NCCC3)n1)c1cnc(C2CC2)s1. The number of carbonyl (C=O) groups is 1. The summed E-state index contributed by atoms with van der Waals surface area (Å²) in [5, 5.41) is 17.2. The molecule has 1 saturated carbocycles. The maximum atomic E-state index is 11.5. The molecule has 1 aliphatic heterocycles. The quantitative estimate of drug-likeness (QED) is 0.372. The maximum Gasteiger partial charge on any atom is 0.304 e. The number of carboxylic acid groups (broad SMARTS) is 1. The van der Waals surface area contributed by atoms with Gasteiger partial charge in [-0.15, -0.1) is 35.1 Å². The molecular weight excluding hydrogens is 476 g/mol. The van der Waals surface area contributed by atoms with Crippen LogP contribution in [0.4, 0.5) is 5.82 Å². The zero-order valence-corrected chi connectivity index (χ0v) is 20.9. The van der Waals surface area contributed by atoms with E-state index in [0.717, 1.165) is 59.3 Å². The third kappa shape index (κ3) is 6.31. The number of rotatable bonds is 10.